The molecule has 4 nitrogen and oxygen atoms in total. The van der Waals surface area contributed by atoms with E-state index in [0.29, 0.717) is 0 Å². The van der Waals surface area contributed by atoms with Gasteiger partial charge in [0.25, 0.3) is 0 Å². The minimum Gasteiger partial charge on any atom is -0.343 e. The highest BCUT2D eigenvalue weighted by atomic mass is 16.2. The van der Waals surface area contributed by atoms with Crippen LogP contribution in [0.5, 0.6) is 0 Å². The summed E-state index contributed by atoms with van der Waals surface area (Å²) >= 11 is 0. The highest BCUT2D eigenvalue weighted by Crippen LogP contribution is 2.25. The minimum absolute atomic E-state index is 0.0675. The van der Waals surface area contributed by atoms with Gasteiger partial charge in [-0.3, -0.25) is 9.59 Å². The molecule has 0 spiro atoms. The van der Waals surface area contributed by atoms with E-state index >= 15 is 0 Å². The van der Waals surface area contributed by atoms with Crippen LogP contribution in [0, 0.1) is 19.8 Å². The molecule has 0 saturated carbocycles. The molecule has 0 bridgehead atoms. The Hall–Kier alpha value is -3.40. The Labute approximate surface area is 184 Å². The molecule has 0 aromatic heterocycles. The van der Waals surface area contributed by atoms with Crippen molar-refractivity contribution in [3.05, 3.63) is 101 Å². The number of rotatable bonds is 7. The van der Waals surface area contributed by atoms with Crippen LogP contribution >= 0.6 is 0 Å². The Morgan fingerprint density at radius 1 is 0.710 bits per heavy atom. The van der Waals surface area contributed by atoms with Gasteiger partial charge in [-0.2, -0.15) is 0 Å². The summed E-state index contributed by atoms with van der Waals surface area (Å²) in [5.74, 6) is -0.959. The number of benzene rings is 3. The summed E-state index contributed by atoms with van der Waals surface area (Å²) in [6.07, 6.45) is 0. The van der Waals surface area contributed by atoms with Gasteiger partial charge in [-0.15, -0.1) is 0 Å². The van der Waals surface area contributed by atoms with Gasteiger partial charge < -0.3 is 10.6 Å². The first-order chi connectivity index (χ1) is 14.8. The number of hydrogen-bond donors (Lipinski definition) is 2. The number of aryl methyl sites for hydroxylation is 2. The summed E-state index contributed by atoms with van der Waals surface area (Å²) in [5, 5.41) is 5.99. The molecule has 2 amide bonds. The van der Waals surface area contributed by atoms with Crippen molar-refractivity contribution in [3.63, 3.8) is 0 Å². The van der Waals surface area contributed by atoms with E-state index in [2.05, 4.69) is 16.7 Å². The maximum atomic E-state index is 13.4. The van der Waals surface area contributed by atoms with Gasteiger partial charge in [-0.25, -0.2) is 0 Å². The molecule has 1 atom stereocenters. The van der Waals surface area contributed by atoms with Gasteiger partial charge in [0.1, 0.15) is 6.04 Å². The van der Waals surface area contributed by atoms with Gasteiger partial charge in [0.15, 0.2) is 0 Å². The molecule has 0 aliphatic carbocycles. The molecule has 0 saturated heterocycles. The van der Waals surface area contributed by atoms with E-state index < -0.39 is 12.0 Å². The molecule has 3 aromatic carbocycles. The van der Waals surface area contributed by atoms with Crippen LogP contribution in [0.3, 0.4) is 0 Å². The Morgan fingerprint density at radius 2 is 1.19 bits per heavy atom. The molecule has 0 aliphatic rings. The second kappa shape index (κ2) is 10.1. The number of nitrogens with one attached hydrogen (secondary N) is 2. The third-order valence-electron chi connectivity index (χ3n) is 5.26. The van der Waals surface area contributed by atoms with Crippen molar-refractivity contribution < 1.29 is 9.59 Å². The van der Waals surface area contributed by atoms with Crippen LogP contribution in [0.15, 0.2) is 78.9 Å². The predicted octanol–water partition coefficient (Wildman–Crippen LogP) is 5.21. The lowest BCUT2D eigenvalue weighted by Gasteiger charge is -2.25. The fraction of sp³-hybridized carbons (Fsp3) is 0.259. The van der Waals surface area contributed by atoms with Crippen molar-refractivity contribution in [1.82, 2.24) is 5.32 Å². The number of anilines is 1. The number of carbonyl (C=O) groups is 2. The predicted molar refractivity (Wildman–Crippen MR) is 126 cm³/mol. The van der Waals surface area contributed by atoms with Crippen LogP contribution in [-0.2, 0) is 9.59 Å². The highest BCUT2D eigenvalue weighted by molar-refractivity contribution is 5.99. The van der Waals surface area contributed by atoms with Crippen molar-refractivity contribution in [3.8, 4) is 0 Å². The van der Waals surface area contributed by atoms with Crippen LogP contribution in [0.25, 0.3) is 0 Å². The Morgan fingerprint density at radius 3 is 1.65 bits per heavy atom. The van der Waals surface area contributed by atoms with E-state index in [-0.39, 0.29) is 17.7 Å². The van der Waals surface area contributed by atoms with Crippen molar-refractivity contribution in [2.45, 2.75) is 39.7 Å². The molecular weight excluding hydrogens is 384 g/mol. The van der Waals surface area contributed by atoms with Crippen molar-refractivity contribution in [2.24, 2.45) is 5.92 Å². The van der Waals surface area contributed by atoms with E-state index in [1.165, 1.54) is 0 Å². The zero-order valence-corrected chi connectivity index (χ0v) is 18.6. The fourth-order valence-corrected chi connectivity index (χ4v) is 3.82. The Kier molecular flexibility index (Phi) is 7.24. The standard InChI is InChI=1S/C27H30N2O2/c1-18(2)25(27(31)28-23-16-19(3)15-20(4)17-23)29-26(30)24(21-11-7-5-8-12-21)22-13-9-6-10-14-22/h5-18,24-25H,1-4H3,(H,28,31)(H,29,30)/t25-/m0/s1. The molecule has 4 heteroatoms. The maximum absolute atomic E-state index is 13.4. The number of amides is 2. The van der Waals surface area contributed by atoms with Crippen LogP contribution in [0.2, 0.25) is 0 Å². The third kappa shape index (κ3) is 5.82. The van der Waals surface area contributed by atoms with Crippen LogP contribution < -0.4 is 10.6 Å². The van der Waals surface area contributed by atoms with Crippen molar-refractivity contribution >= 4 is 17.5 Å². The molecule has 3 rings (SSSR count). The SMILES string of the molecule is Cc1cc(C)cc(NC(=O)[C@@H](NC(=O)C(c2ccccc2)c2ccccc2)C(C)C)c1. The monoisotopic (exact) mass is 414 g/mol. The molecular formula is C27H30N2O2. The number of carbonyl (C=O) groups excluding carboxylic acids is 2. The molecule has 3 aromatic rings. The van der Waals surface area contributed by atoms with Gasteiger partial charge in [-0.05, 0) is 54.2 Å². The summed E-state index contributed by atoms with van der Waals surface area (Å²) < 4.78 is 0. The van der Waals surface area contributed by atoms with E-state index in [4.69, 9.17) is 0 Å². The molecule has 0 aliphatic heterocycles. The van der Waals surface area contributed by atoms with E-state index in [1.54, 1.807) is 0 Å². The maximum Gasteiger partial charge on any atom is 0.247 e. The molecule has 31 heavy (non-hydrogen) atoms. The lowest BCUT2D eigenvalue weighted by Crippen LogP contribution is -2.48. The first-order valence-electron chi connectivity index (χ1n) is 10.6. The zero-order chi connectivity index (χ0) is 22.4. The molecule has 0 fully saturated rings. The second-order valence-corrected chi connectivity index (χ2v) is 8.35. The fourth-order valence-electron chi connectivity index (χ4n) is 3.82. The minimum atomic E-state index is -0.650. The quantitative estimate of drug-likeness (QED) is 0.557. The first-order valence-corrected chi connectivity index (χ1v) is 10.6. The second-order valence-electron chi connectivity index (χ2n) is 8.35. The van der Waals surface area contributed by atoms with E-state index in [1.807, 2.05) is 100 Å². The van der Waals surface area contributed by atoms with Crippen molar-refractivity contribution in [1.29, 1.82) is 0 Å². The normalized spacial score (nSPS) is 11.9. The smallest absolute Gasteiger partial charge is 0.247 e. The van der Waals surface area contributed by atoms with Crippen molar-refractivity contribution in [2.75, 3.05) is 5.32 Å². The zero-order valence-electron chi connectivity index (χ0n) is 18.6. The summed E-state index contributed by atoms with van der Waals surface area (Å²) in [6.45, 7) is 7.86. The topological polar surface area (TPSA) is 58.2 Å². The molecule has 0 unspecified atom stereocenters. The molecule has 160 valence electrons. The summed E-state index contributed by atoms with van der Waals surface area (Å²) in [5.41, 5.74) is 4.68. The Balaban J connectivity index is 1.84. The van der Waals surface area contributed by atoms with Crippen LogP contribution in [0.1, 0.15) is 42.0 Å². The lowest BCUT2D eigenvalue weighted by molar-refractivity contribution is -0.127. The highest BCUT2D eigenvalue weighted by Gasteiger charge is 2.29. The molecule has 0 heterocycles. The van der Waals surface area contributed by atoms with E-state index in [9.17, 15) is 9.59 Å². The van der Waals surface area contributed by atoms with Gasteiger partial charge in [-0.1, -0.05) is 80.6 Å². The Bertz CT molecular complexity index is 970. The van der Waals surface area contributed by atoms with Gasteiger partial charge in [0.05, 0.1) is 5.92 Å². The summed E-state index contributed by atoms with van der Waals surface area (Å²) in [6, 6.07) is 24.6. The molecule has 0 radical (unpaired) electrons. The molecule has 2 N–H and O–H groups in total. The summed E-state index contributed by atoms with van der Waals surface area (Å²) in [4.78, 5) is 26.5. The van der Waals surface area contributed by atoms with Gasteiger partial charge in [0.2, 0.25) is 11.8 Å². The van der Waals surface area contributed by atoms with Crippen LogP contribution in [0.4, 0.5) is 5.69 Å². The lowest BCUT2D eigenvalue weighted by atomic mass is 9.89. The average Bonchev–Trinajstić information content (AvgIpc) is 2.72. The third-order valence-corrected chi connectivity index (χ3v) is 5.26. The van der Waals surface area contributed by atoms with E-state index in [0.717, 1.165) is 27.9 Å². The van der Waals surface area contributed by atoms with Gasteiger partial charge in [0, 0.05) is 5.69 Å². The summed E-state index contributed by atoms with van der Waals surface area (Å²) in [7, 11) is 0. The average molecular weight is 415 g/mol. The first kappa shape index (κ1) is 22.3. The van der Waals surface area contributed by atoms with Crippen LogP contribution in [-0.4, -0.2) is 17.9 Å². The largest absolute Gasteiger partial charge is 0.343 e. The van der Waals surface area contributed by atoms with Gasteiger partial charge >= 0.3 is 0 Å². The number of hydrogen-bond acceptors (Lipinski definition) is 2.